The Bertz CT molecular complexity index is 358. The van der Waals surface area contributed by atoms with Gasteiger partial charge in [0.15, 0.2) is 0 Å². The Hall–Kier alpha value is -1.35. The SMILES string of the molecule is O=C(O)[C@@H](NC1CCCCC1)c1ccccc1. The Morgan fingerprint density at radius 1 is 1.18 bits per heavy atom. The van der Waals surface area contributed by atoms with Crippen LogP contribution in [-0.4, -0.2) is 17.1 Å². The normalized spacial score (nSPS) is 18.8. The summed E-state index contributed by atoms with van der Waals surface area (Å²) in [6.07, 6.45) is 5.88. The van der Waals surface area contributed by atoms with Crippen LogP contribution in [-0.2, 0) is 4.79 Å². The third kappa shape index (κ3) is 3.30. The van der Waals surface area contributed by atoms with Gasteiger partial charge in [-0.25, -0.2) is 0 Å². The lowest BCUT2D eigenvalue weighted by molar-refractivity contribution is -0.140. The van der Waals surface area contributed by atoms with Crippen LogP contribution in [0.3, 0.4) is 0 Å². The number of nitrogens with one attached hydrogen (secondary N) is 1. The molecule has 1 aliphatic carbocycles. The second-order valence-corrected chi connectivity index (χ2v) is 4.68. The van der Waals surface area contributed by atoms with E-state index in [9.17, 15) is 9.90 Å². The fourth-order valence-corrected chi connectivity index (χ4v) is 2.46. The van der Waals surface area contributed by atoms with Crippen molar-refractivity contribution in [2.75, 3.05) is 0 Å². The third-order valence-corrected chi connectivity index (χ3v) is 3.39. The Morgan fingerprint density at radius 3 is 2.41 bits per heavy atom. The van der Waals surface area contributed by atoms with Crippen molar-refractivity contribution in [2.24, 2.45) is 0 Å². The molecule has 1 atom stereocenters. The minimum absolute atomic E-state index is 0.352. The molecule has 0 unspecified atom stereocenters. The molecule has 0 radical (unpaired) electrons. The van der Waals surface area contributed by atoms with Gasteiger partial charge in [-0.2, -0.15) is 0 Å². The summed E-state index contributed by atoms with van der Waals surface area (Å²) in [5.74, 6) is -0.790. The van der Waals surface area contributed by atoms with Gasteiger partial charge in [0.25, 0.3) is 0 Å². The van der Waals surface area contributed by atoms with Crippen LogP contribution in [0.15, 0.2) is 30.3 Å². The summed E-state index contributed by atoms with van der Waals surface area (Å²) < 4.78 is 0. The van der Waals surface area contributed by atoms with E-state index < -0.39 is 12.0 Å². The summed E-state index contributed by atoms with van der Waals surface area (Å²) in [4.78, 5) is 11.3. The molecule has 3 heteroatoms. The third-order valence-electron chi connectivity index (χ3n) is 3.39. The van der Waals surface area contributed by atoms with Crippen LogP contribution < -0.4 is 5.32 Å². The number of carbonyl (C=O) groups is 1. The first kappa shape index (κ1) is 12.1. The van der Waals surface area contributed by atoms with E-state index in [0.29, 0.717) is 6.04 Å². The summed E-state index contributed by atoms with van der Waals surface area (Å²) in [6, 6.07) is 9.19. The van der Waals surface area contributed by atoms with Crippen LogP contribution in [0, 0.1) is 0 Å². The van der Waals surface area contributed by atoms with Gasteiger partial charge in [-0.05, 0) is 18.4 Å². The van der Waals surface area contributed by atoms with Crippen LogP contribution in [0.2, 0.25) is 0 Å². The predicted octanol–water partition coefficient (Wildman–Crippen LogP) is 2.73. The number of carboxylic acids is 1. The molecular weight excluding hydrogens is 214 g/mol. The van der Waals surface area contributed by atoms with Gasteiger partial charge in [0.05, 0.1) is 0 Å². The Morgan fingerprint density at radius 2 is 1.82 bits per heavy atom. The zero-order chi connectivity index (χ0) is 12.1. The van der Waals surface area contributed by atoms with Gasteiger partial charge in [-0.15, -0.1) is 0 Å². The average Bonchev–Trinajstić information content (AvgIpc) is 2.38. The highest BCUT2D eigenvalue weighted by Crippen LogP contribution is 2.21. The Kier molecular flexibility index (Phi) is 4.15. The molecular formula is C14H19NO2. The summed E-state index contributed by atoms with van der Waals surface area (Å²) in [7, 11) is 0. The van der Waals surface area contributed by atoms with Gasteiger partial charge in [0.1, 0.15) is 6.04 Å². The maximum Gasteiger partial charge on any atom is 0.325 e. The number of aliphatic carboxylic acids is 1. The molecule has 1 fully saturated rings. The lowest BCUT2D eigenvalue weighted by atomic mass is 9.94. The molecule has 92 valence electrons. The van der Waals surface area contributed by atoms with E-state index in [2.05, 4.69) is 5.32 Å². The van der Waals surface area contributed by atoms with Crippen molar-refractivity contribution >= 4 is 5.97 Å². The Labute approximate surface area is 102 Å². The zero-order valence-electron chi connectivity index (χ0n) is 9.93. The first-order valence-corrected chi connectivity index (χ1v) is 6.31. The zero-order valence-corrected chi connectivity index (χ0v) is 9.93. The molecule has 0 aromatic heterocycles. The summed E-state index contributed by atoms with van der Waals surface area (Å²) in [6.45, 7) is 0. The van der Waals surface area contributed by atoms with Crippen LogP contribution in [0.5, 0.6) is 0 Å². The molecule has 1 saturated carbocycles. The molecule has 0 bridgehead atoms. The van der Waals surface area contributed by atoms with Crippen molar-refractivity contribution in [3.63, 3.8) is 0 Å². The Balaban J connectivity index is 2.05. The number of benzene rings is 1. The highest BCUT2D eigenvalue weighted by Gasteiger charge is 2.23. The van der Waals surface area contributed by atoms with E-state index in [-0.39, 0.29) is 0 Å². The van der Waals surface area contributed by atoms with Crippen LogP contribution >= 0.6 is 0 Å². The molecule has 0 amide bonds. The lowest BCUT2D eigenvalue weighted by Crippen LogP contribution is -2.38. The van der Waals surface area contributed by atoms with E-state index in [1.807, 2.05) is 30.3 Å². The van der Waals surface area contributed by atoms with Crippen molar-refractivity contribution in [1.29, 1.82) is 0 Å². The first-order chi connectivity index (χ1) is 8.27. The number of carboxylic acid groups (broad SMARTS) is 1. The first-order valence-electron chi connectivity index (χ1n) is 6.31. The number of hydrogen-bond acceptors (Lipinski definition) is 2. The molecule has 1 aromatic rings. The molecule has 3 nitrogen and oxygen atoms in total. The maximum absolute atomic E-state index is 11.3. The minimum atomic E-state index is -0.790. The van der Waals surface area contributed by atoms with E-state index >= 15 is 0 Å². The van der Waals surface area contributed by atoms with E-state index in [1.165, 1.54) is 19.3 Å². The van der Waals surface area contributed by atoms with E-state index in [1.54, 1.807) is 0 Å². The minimum Gasteiger partial charge on any atom is -0.480 e. The van der Waals surface area contributed by atoms with Crippen molar-refractivity contribution in [1.82, 2.24) is 5.32 Å². The molecule has 2 N–H and O–H groups in total. The molecule has 0 spiro atoms. The fourth-order valence-electron chi connectivity index (χ4n) is 2.46. The lowest BCUT2D eigenvalue weighted by Gasteiger charge is -2.26. The molecule has 17 heavy (non-hydrogen) atoms. The number of hydrogen-bond donors (Lipinski definition) is 2. The predicted molar refractivity (Wildman–Crippen MR) is 66.8 cm³/mol. The molecule has 2 rings (SSSR count). The smallest absolute Gasteiger partial charge is 0.325 e. The molecule has 0 saturated heterocycles. The molecule has 0 aliphatic heterocycles. The van der Waals surface area contributed by atoms with Gasteiger partial charge in [0.2, 0.25) is 0 Å². The number of rotatable bonds is 4. The molecule has 0 heterocycles. The van der Waals surface area contributed by atoms with Crippen molar-refractivity contribution < 1.29 is 9.90 Å². The van der Waals surface area contributed by atoms with Gasteiger partial charge >= 0.3 is 5.97 Å². The summed E-state index contributed by atoms with van der Waals surface area (Å²) >= 11 is 0. The second kappa shape index (κ2) is 5.82. The summed E-state index contributed by atoms with van der Waals surface area (Å²) in [5, 5.41) is 12.6. The van der Waals surface area contributed by atoms with Gasteiger partial charge in [-0.1, -0.05) is 49.6 Å². The summed E-state index contributed by atoms with van der Waals surface area (Å²) in [5.41, 5.74) is 0.838. The fraction of sp³-hybridized carbons (Fsp3) is 0.500. The van der Waals surface area contributed by atoms with E-state index in [4.69, 9.17) is 0 Å². The highest BCUT2D eigenvalue weighted by molar-refractivity contribution is 5.75. The average molecular weight is 233 g/mol. The van der Waals surface area contributed by atoms with Crippen molar-refractivity contribution in [3.05, 3.63) is 35.9 Å². The van der Waals surface area contributed by atoms with Crippen LogP contribution in [0.1, 0.15) is 43.7 Å². The van der Waals surface area contributed by atoms with Gasteiger partial charge in [0, 0.05) is 6.04 Å². The van der Waals surface area contributed by atoms with Gasteiger partial charge in [-0.3, -0.25) is 10.1 Å². The standard InChI is InChI=1S/C14H19NO2/c16-14(17)13(11-7-3-1-4-8-11)15-12-9-5-2-6-10-12/h1,3-4,7-8,12-13,15H,2,5-6,9-10H2,(H,16,17)/t13-/m0/s1. The topological polar surface area (TPSA) is 49.3 Å². The van der Waals surface area contributed by atoms with Crippen molar-refractivity contribution in [2.45, 2.75) is 44.2 Å². The largest absolute Gasteiger partial charge is 0.480 e. The van der Waals surface area contributed by atoms with Crippen molar-refractivity contribution in [3.8, 4) is 0 Å². The maximum atomic E-state index is 11.3. The second-order valence-electron chi connectivity index (χ2n) is 4.68. The highest BCUT2D eigenvalue weighted by atomic mass is 16.4. The van der Waals surface area contributed by atoms with E-state index in [0.717, 1.165) is 18.4 Å². The van der Waals surface area contributed by atoms with Gasteiger partial charge < -0.3 is 5.11 Å². The molecule has 1 aliphatic rings. The molecule has 1 aromatic carbocycles. The van der Waals surface area contributed by atoms with Crippen LogP contribution in [0.25, 0.3) is 0 Å². The van der Waals surface area contributed by atoms with Crippen LogP contribution in [0.4, 0.5) is 0 Å². The quantitative estimate of drug-likeness (QED) is 0.840. The monoisotopic (exact) mass is 233 g/mol.